The first-order chi connectivity index (χ1) is 8.58. The van der Waals surface area contributed by atoms with Gasteiger partial charge in [0.15, 0.2) is 0 Å². The van der Waals surface area contributed by atoms with Gasteiger partial charge in [-0.3, -0.25) is 4.79 Å². The van der Waals surface area contributed by atoms with E-state index in [4.69, 9.17) is 34.8 Å². The van der Waals surface area contributed by atoms with Crippen LogP contribution in [0.3, 0.4) is 0 Å². The molecule has 1 aromatic rings. The zero-order chi connectivity index (χ0) is 13.1. The number of benzene rings is 1. The van der Waals surface area contributed by atoms with Crippen molar-refractivity contribution in [3.63, 3.8) is 0 Å². The van der Waals surface area contributed by atoms with E-state index >= 15 is 0 Å². The Bertz CT molecular complexity index is 433. The molecule has 1 amide bonds. The Hall–Kier alpha value is -0.440. The van der Waals surface area contributed by atoms with Gasteiger partial charge in [-0.05, 0) is 25.0 Å². The number of amides is 1. The van der Waals surface area contributed by atoms with Crippen molar-refractivity contribution >= 4 is 40.7 Å². The Kier molecular flexibility index (Phi) is 4.77. The van der Waals surface area contributed by atoms with Crippen molar-refractivity contribution in [2.24, 2.45) is 0 Å². The average Bonchev–Trinajstić information content (AvgIpc) is 2.28. The van der Waals surface area contributed by atoms with Gasteiger partial charge in [0.1, 0.15) is 0 Å². The molecule has 0 aliphatic heterocycles. The van der Waals surface area contributed by atoms with Crippen LogP contribution in [0.1, 0.15) is 42.5 Å². The number of carbonyl (C=O) groups is 1. The summed E-state index contributed by atoms with van der Waals surface area (Å²) < 4.78 is 0. The minimum Gasteiger partial charge on any atom is -0.349 e. The first-order valence-corrected chi connectivity index (χ1v) is 7.16. The standard InChI is InChI=1S/C13H14Cl3NO/c14-8-6-10(15)12(11(16)7-8)13(18)17-9-4-2-1-3-5-9/h6-7,9H,1-5H2,(H,17,18). The highest BCUT2D eigenvalue weighted by molar-refractivity contribution is 6.42. The van der Waals surface area contributed by atoms with Gasteiger partial charge in [0.25, 0.3) is 5.91 Å². The van der Waals surface area contributed by atoms with Crippen LogP contribution >= 0.6 is 34.8 Å². The van der Waals surface area contributed by atoms with Crippen LogP contribution in [0.2, 0.25) is 15.1 Å². The Labute approximate surface area is 122 Å². The van der Waals surface area contributed by atoms with Crippen molar-refractivity contribution in [1.29, 1.82) is 0 Å². The molecular formula is C13H14Cl3NO. The van der Waals surface area contributed by atoms with Crippen molar-refractivity contribution in [3.8, 4) is 0 Å². The summed E-state index contributed by atoms with van der Waals surface area (Å²) in [5.41, 5.74) is 0.313. The van der Waals surface area contributed by atoms with Gasteiger partial charge < -0.3 is 5.32 Å². The molecule has 1 aromatic carbocycles. The zero-order valence-corrected chi connectivity index (χ0v) is 12.1. The molecule has 18 heavy (non-hydrogen) atoms. The minimum absolute atomic E-state index is 0.214. The van der Waals surface area contributed by atoms with E-state index in [1.165, 1.54) is 18.6 Å². The highest BCUT2D eigenvalue weighted by atomic mass is 35.5. The van der Waals surface area contributed by atoms with Crippen molar-refractivity contribution in [2.75, 3.05) is 0 Å². The highest BCUT2D eigenvalue weighted by Crippen LogP contribution is 2.29. The second-order valence-corrected chi connectivity index (χ2v) is 5.80. The van der Waals surface area contributed by atoms with Crippen LogP contribution in [0.4, 0.5) is 0 Å². The molecule has 0 unspecified atom stereocenters. The SMILES string of the molecule is O=C(NC1CCCCC1)c1c(Cl)cc(Cl)cc1Cl. The van der Waals surface area contributed by atoms with E-state index in [0.717, 1.165) is 25.7 Å². The van der Waals surface area contributed by atoms with Gasteiger partial charge in [0, 0.05) is 11.1 Å². The van der Waals surface area contributed by atoms with Gasteiger partial charge >= 0.3 is 0 Å². The Morgan fingerprint density at radius 2 is 1.61 bits per heavy atom. The molecule has 2 rings (SSSR count). The molecule has 5 heteroatoms. The molecule has 0 saturated heterocycles. The van der Waals surface area contributed by atoms with Crippen LogP contribution in [0.5, 0.6) is 0 Å². The summed E-state index contributed by atoms with van der Waals surface area (Å²) in [6, 6.07) is 3.30. The lowest BCUT2D eigenvalue weighted by Gasteiger charge is -2.23. The zero-order valence-electron chi connectivity index (χ0n) is 9.81. The van der Waals surface area contributed by atoms with Crippen LogP contribution in [-0.2, 0) is 0 Å². The molecule has 98 valence electrons. The molecule has 0 spiro atoms. The van der Waals surface area contributed by atoms with E-state index in [2.05, 4.69) is 5.32 Å². The summed E-state index contributed by atoms with van der Waals surface area (Å²) in [7, 11) is 0. The molecule has 0 radical (unpaired) electrons. The number of hydrogen-bond acceptors (Lipinski definition) is 1. The fourth-order valence-corrected chi connectivity index (χ4v) is 3.25. The average molecular weight is 307 g/mol. The summed E-state index contributed by atoms with van der Waals surface area (Å²) in [4.78, 5) is 12.1. The summed E-state index contributed by atoms with van der Waals surface area (Å²) in [6.07, 6.45) is 5.61. The molecule has 1 aliphatic rings. The third kappa shape index (κ3) is 3.31. The fraction of sp³-hybridized carbons (Fsp3) is 0.462. The molecule has 0 atom stereocenters. The van der Waals surface area contributed by atoms with Gasteiger partial charge in [-0.2, -0.15) is 0 Å². The summed E-state index contributed by atoms with van der Waals surface area (Å²) in [6.45, 7) is 0. The lowest BCUT2D eigenvalue weighted by molar-refractivity contribution is 0.0928. The molecule has 1 fully saturated rings. The van der Waals surface area contributed by atoms with E-state index in [9.17, 15) is 4.79 Å². The van der Waals surface area contributed by atoms with Crippen LogP contribution < -0.4 is 5.32 Å². The molecular weight excluding hydrogens is 293 g/mol. The predicted molar refractivity (Wildman–Crippen MR) is 75.8 cm³/mol. The predicted octanol–water partition coefficient (Wildman–Crippen LogP) is 4.71. The fourth-order valence-electron chi connectivity index (χ4n) is 2.26. The maximum Gasteiger partial charge on any atom is 0.254 e. The van der Waals surface area contributed by atoms with Crippen LogP contribution in [0.25, 0.3) is 0 Å². The number of carbonyl (C=O) groups excluding carboxylic acids is 1. The van der Waals surface area contributed by atoms with Gasteiger partial charge in [-0.25, -0.2) is 0 Å². The van der Waals surface area contributed by atoms with Gasteiger partial charge in [0.2, 0.25) is 0 Å². The van der Waals surface area contributed by atoms with E-state index in [0.29, 0.717) is 20.6 Å². The quantitative estimate of drug-likeness (QED) is 0.842. The van der Waals surface area contributed by atoms with Gasteiger partial charge in [0.05, 0.1) is 15.6 Å². The summed E-state index contributed by atoms with van der Waals surface area (Å²) >= 11 is 17.9. The number of nitrogens with one attached hydrogen (secondary N) is 1. The van der Waals surface area contributed by atoms with Crippen molar-refractivity contribution in [3.05, 3.63) is 32.8 Å². The molecule has 0 aromatic heterocycles. The molecule has 2 nitrogen and oxygen atoms in total. The monoisotopic (exact) mass is 305 g/mol. The summed E-state index contributed by atoms with van der Waals surface area (Å²) in [5, 5.41) is 4.00. The topological polar surface area (TPSA) is 29.1 Å². The van der Waals surface area contributed by atoms with E-state index < -0.39 is 0 Å². The summed E-state index contributed by atoms with van der Waals surface area (Å²) in [5.74, 6) is -0.214. The van der Waals surface area contributed by atoms with Crippen molar-refractivity contribution in [1.82, 2.24) is 5.32 Å². The number of rotatable bonds is 2. The molecule has 0 bridgehead atoms. The Balaban J connectivity index is 2.13. The minimum atomic E-state index is -0.214. The van der Waals surface area contributed by atoms with Crippen LogP contribution in [-0.4, -0.2) is 11.9 Å². The second kappa shape index (κ2) is 6.14. The molecule has 1 aliphatic carbocycles. The Morgan fingerprint density at radius 3 is 2.17 bits per heavy atom. The first-order valence-electron chi connectivity index (χ1n) is 6.03. The van der Waals surface area contributed by atoms with Gasteiger partial charge in [-0.1, -0.05) is 54.1 Å². The molecule has 1 saturated carbocycles. The van der Waals surface area contributed by atoms with Gasteiger partial charge in [-0.15, -0.1) is 0 Å². The van der Waals surface area contributed by atoms with Crippen molar-refractivity contribution in [2.45, 2.75) is 38.1 Å². The highest BCUT2D eigenvalue weighted by Gasteiger charge is 2.20. The maximum atomic E-state index is 12.1. The second-order valence-electron chi connectivity index (χ2n) is 4.55. The lowest BCUT2D eigenvalue weighted by atomic mass is 9.95. The third-order valence-corrected chi connectivity index (χ3v) is 3.99. The van der Waals surface area contributed by atoms with Crippen molar-refractivity contribution < 1.29 is 4.79 Å². The first kappa shape index (κ1) is 14.0. The van der Waals surface area contributed by atoms with Crippen LogP contribution in [0.15, 0.2) is 12.1 Å². The van der Waals surface area contributed by atoms with E-state index in [1.54, 1.807) is 0 Å². The number of hydrogen-bond donors (Lipinski definition) is 1. The lowest BCUT2D eigenvalue weighted by Crippen LogP contribution is -2.36. The third-order valence-electron chi connectivity index (χ3n) is 3.17. The maximum absolute atomic E-state index is 12.1. The Morgan fingerprint density at radius 1 is 1.06 bits per heavy atom. The van der Waals surface area contributed by atoms with Crippen LogP contribution in [0, 0.1) is 0 Å². The van der Waals surface area contributed by atoms with E-state index in [-0.39, 0.29) is 11.9 Å². The molecule has 1 N–H and O–H groups in total. The van der Waals surface area contributed by atoms with E-state index in [1.807, 2.05) is 0 Å². The smallest absolute Gasteiger partial charge is 0.254 e. The largest absolute Gasteiger partial charge is 0.349 e. The number of halogens is 3. The molecule has 0 heterocycles. The normalized spacial score (nSPS) is 16.6.